The Kier molecular flexibility index (Phi) is 23.4. The van der Waals surface area contributed by atoms with Crippen molar-refractivity contribution >= 4 is 22.3 Å². The minimum Gasteiger partial charge on any atom is -0.0695 e. The third kappa shape index (κ3) is 11.9. The van der Waals surface area contributed by atoms with E-state index in [0.29, 0.717) is 11.8 Å². The van der Waals surface area contributed by atoms with E-state index < -0.39 is 0 Å². The number of allylic oxidation sites excluding steroid dienone is 8. The van der Waals surface area contributed by atoms with Gasteiger partial charge in [0.2, 0.25) is 0 Å². The second-order valence-electron chi connectivity index (χ2n) is 12.5. The van der Waals surface area contributed by atoms with Crippen LogP contribution in [0, 0.1) is 0 Å². The second-order valence-corrected chi connectivity index (χ2v) is 12.5. The summed E-state index contributed by atoms with van der Waals surface area (Å²) in [5.74, 6) is 0.953. The van der Waals surface area contributed by atoms with Gasteiger partial charge in [-0.1, -0.05) is 142 Å². The SMILES string of the molecule is CC.CC.CC.CC.CC1=C(C)c2cccc(c2C(C)C)C(C)=C(C)CCC(C)=C(C)c2cccc(c2C(C)C)C(C)=C(C)CC1. The van der Waals surface area contributed by atoms with Gasteiger partial charge in [-0.15, -0.1) is 0 Å². The highest BCUT2D eigenvalue weighted by molar-refractivity contribution is 5.80. The van der Waals surface area contributed by atoms with Crippen molar-refractivity contribution in [2.45, 2.75) is 176 Å². The summed E-state index contributed by atoms with van der Waals surface area (Å²) in [4.78, 5) is 0. The van der Waals surface area contributed by atoms with Gasteiger partial charge in [-0.2, -0.15) is 0 Å². The summed E-state index contributed by atoms with van der Waals surface area (Å²) >= 11 is 0. The van der Waals surface area contributed by atoms with E-state index in [2.05, 4.69) is 119 Å². The second kappa shape index (κ2) is 23.7. The molecule has 2 aromatic rings. The third-order valence-electron chi connectivity index (χ3n) is 9.29. The van der Waals surface area contributed by atoms with Gasteiger partial charge in [0.25, 0.3) is 0 Å². The Morgan fingerprint density at radius 2 is 0.522 bits per heavy atom. The maximum absolute atomic E-state index is 2.35. The highest BCUT2D eigenvalue weighted by atomic mass is 14.2. The van der Waals surface area contributed by atoms with Crippen LogP contribution in [0.1, 0.15) is 209 Å². The van der Waals surface area contributed by atoms with E-state index in [1.54, 1.807) is 0 Å². The van der Waals surface area contributed by atoms with Crippen LogP contribution in [0.25, 0.3) is 22.3 Å². The first-order chi connectivity index (χ1) is 21.9. The molecular formula is C46H76. The fourth-order valence-electron chi connectivity index (χ4n) is 6.10. The van der Waals surface area contributed by atoms with Crippen LogP contribution in [0.5, 0.6) is 0 Å². The Bertz CT molecular complexity index is 1120. The first kappa shape index (κ1) is 45.5. The number of rotatable bonds is 2. The van der Waals surface area contributed by atoms with Gasteiger partial charge in [-0.3, -0.25) is 0 Å². The molecule has 1 aliphatic carbocycles. The number of fused-ring (bicyclic) bond motifs is 4. The van der Waals surface area contributed by atoms with Crippen LogP contribution in [0.2, 0.25) is 0 Å². The zero-order valence-corrected chi connectivity index (χ0v) is 34.4. The van der Waals surface area contributed by atoms with E-state index in [4.69, 9.17) is 0 Å². The smallest absolute Gasteiger partial charge is 0.0187 e. The number of hydrogen-bond acceptors (Lipinski definition) is 0. The molecule has 3 rings (SSSR count). The van der Waals surface area contributed by atoms with Crippen molar-refractivity contribution in [3.8, 4) is 0 Å². The summed E-state index contributed by atoms with van der Waals surface area (Å²) in [5, 5.41) is 0. The standard InChI is InChI=1S/C38H52.4C2H6/c1-23(2)37-33-15-13-16-34(37)30(10)26(6)20-22-28(8)32(12)36-18-14-17-35(38(36)24(3)4)31(11)27(7)21-19-25(5)29(33)9;4*1-2/h13-18,23-24H,19-22H2,1-12H3;4*1-2H3. The molecule has 0 heterocycles. The van der Waals surface area contributed by atoms with Crippen LogP contribution >= 0.6 is 0 Å². The molecule has 2 aromatic carbocycles. The summed E-state index contributed by atoms with van der Waals surface area (Å²) in [6.07, 6.45) is 4.39. The molecule has 46 heavy (non-hydrogen) atoms. The number of benzene rings is 2. The number of hydrogen-bond donors (Lipinski definition) is 0. The molecule has 0 nitrogen and oxygen atoms in total. The Hall–Kier alpha value is -2.60. The average molecular weight is 629 g/mol. The zero-order chi connectivity index (χ0) is 36.3. The molecule has 0 fully saturated rings. The van der Waals surface area contributed by atoms with Crippen LogP contribution < -0.4 is 0 Å². The maximum atomic E-state index is 2.35. The zero-order valence-electron chi connectivity index (χ0n) is 34.4. The lowest BCUT2D eigenvalue weighted by atomic mass is 9.82. The van der Waals surface area contributed by atoms with Crippen LogP contribution in [0.15, 0.2) is 58.7 Å². The first-order valence-corrected chi connectivity index (χ1v) is 18.8. The molecule has 0 saturated heterocycles. The van der Waals surface area contributed by atoms with Gasteiger partial charge >= 0.3 is 0 Å². The van der Waals surface area contributed by atoms with Crippen molar-refractivity contribution in [2.75, 3.05) is 0 Å². The van der Waals surface area contributed by atoms with E-state index in [-0.39, 0.29) is 0 Å². The summed E-state index contributed by atoms with van der Waals surface area (Å²) < 4.78 is 0. The summed E-state index contributed by atoms with van der Waals surface area (Å²) in [6, 6.07) is 13.9. The minimum atomic E-state index is 0.476. The monoisotopic (exact) mass is 629 g/mol. The van der Waals surface area contributed by atoms with E-state index in [1.165, 1.54) is 78.0 Å². The molecule has 4 bridgehead atoms. The molecule has 0 radical (unpaired) electrons. The molecule has 1 aliphatic rings. The Labute approximate surface area is 289 Å². The van der Waals surface area contributed by atoms with E-state index in [1.807, 2.05) is 55.4 Å². The van der Waals surface area contributed by atoms with Crippen LogP contribution in [-0.2, 0) is 0 Å². The van der Waals surface area contributed by atoms with Gasteiger partial charge in [-0.05, 0) is 149 Å². The highest BCUT2D eigenvalue weighted by Crippen LogP contribution is 2.39. The van der Waals surface area contributed by atoms with Crippen LogP contribution in [-0.4, -0.2) is 0 Å². The third-order valence-corrected chi connectivity index (χ3v) is 9.29. The predicted octanol–water partition coefficient (Wildman–Crippen LogP) is 16.5. The largest absolute Gasteiger partial charge is 0.0695 e. The lowest BCUT2D eigenvalue weighted by molar-refractivity contribution is 0.851. The van der Waals surface area contributed by atoms with Crippen molar-refractivity contribution in [3.05, 3.63) is 92.1 Å². The van der Waals surface area contributed by atoms with E-state index in [9.17, 15) is 0 Å². The van der Waals surface area contributed by atoms with Gasteiger partial charge in [-0.25, -0.2) is 0 Å². The fraction of sp³-hybridized carbons (Fsp3) is 0.565. The summed E-state index contributed by atoms with van der Waals surface area (Å²) in [7, 11) is 0. The lowest BCUT2D eigenvalue weighted by Crippen LogP contribution is -2.04. The van der Waals surface area contributed by atoms with Gasteiger partial charge in [0.15, 0.2) is 0 Å². The summed E-state index contributed by atoms with van der Waals surface area (Å²) in [5.41, 5.74) is 20.6. The first-order valence-electron chi connectivity index (χ1n) is 18.8. The van der Waals surface area contributed by atoms with Crippen molar-refractivity contribution in [1.29, 1.82) is 0 Å². The normalized spacial score (nSPS) is 14.2. The van der Waals surface area contributed by atoms with Crippen molar-refractivity contribution in [2.24, 2.45) is 0 Å². The van der Waals surface area contributed by atoms with Crippen molar-refractivity contribution in [3.63, 3.8) is 0 Å². The van der Waals surface area contributed by atoms with E-state index in [0.717, 1.165) is 25.7 Å². The molecule has 0 spiro atoms. The molecule has 0 heteroatoms. The fourth-order valence-corrected chi connectivity index (χ4v) is 6.10. The minimum absolute atomic E-state index is 0.476. The molecule has 0 unspecified atom stereocenters. The molecule has 0 amide bonds. The lowest BCUT2D eigenvalue weighted by Gasteiger charge is -2.23. The molecule has 0 saturated carbocycles. The van der Waals surface area contributed by atoms with Crippen LogP contribution in [0.4, 0.5) is 0 Å². The van der Waals surface area contributed by atoms with Gasteiger partial charge < -0.3 is 0 Å². The average Bonchev–Trinajstić information content (AvgIpc) is 3.10. The highest BCUT2D eigenvalue weighted by Gasteiger charge is 2.19. The van der Waals surface area contributed by atoms with Gasteiger partial charge in [0.05, 0.1) is 0 Å². The molecular weight excluding hydrogens is 553 g/mol. The van der Waals surface area contributed by atoms with Crippen molar-refractivity contribution in [1.82, 2.24) is 0 Å². The van der Waals surface area contributed by atoms with Gasteiger partial charge in [0, 0.05) is 0 Å². The topological polar surface area (TPSA) is 0 Å². The molecule has 0 aliphatic heterocycles. The predicted molar refractivity (Wildman–Crippen MR) is 218 cm³/mol. The molecule has 0 atom stereocenters. The Morgan fingerprint density at radius 3 is 0.674 bits per heavy atom. The molecule has 260 valence electrons. The van der Waals surface area contributed by atoms with Crippen molar-refractivity contribution < 1.29 is 0 Å². The Morgan fingerprint density at radius 1 is 0.348 bits per heavy atom. The van der Waals surface area contributed by atoms with Gasteiger partial charge in [0.1, 0.15) is 0 Å². The summed E-state index contributed by atoms with van der Waals surface area (Å²) in [6.45, 7) is 44.2. The Balaban J connectivity index is 0. The quantitative estimate of drug-likeness (QED) is 0.310. The maximum Gasteiger partial charge on any atom is -0.0187 e. The van der Waals surface area contributed by atoms with E-state index >= 15 is 0 Å². The molecule has 0 N–H and O–H groups in total. The molecule has 0 aromatic heterocycles. The van der Waals surface area contributed by atoms with Crippen LogP contribution in [0.3, 0.4) is 0 Å².